The summed E-state index contributed by atoms with van der Waals surface area (Å²) < 4.78 is 39.9. The molecule has 0 unspecified atom stereocenters. The minimum atomic E-state index is -3.96. The number of amides is 2. The van der Waals surface area contributed by atoms with E-state index in [2.05, 4.69) is 5.32 Å². The van der Waals surface area contributed by atoms with Gasteiger partial charge in [-0.1, -0.05) is 56.3 Å². The van der Waals surface area contributed by atoms with Gasteiger partial charge in [0.2, 0.25) is 21.8 Å². The normalized spacial score (nSPS) is 12.1. The fraction of sp³-hybridized carbons (Fsp3) is 0.391. The molecule has 2 aromatic carbocycles. The fourth-order valence-corrected chi connectivity index (χ4v) is 4.16. The highest BCUT2D eigenvalue weighted by atomic mass is 32.2. The first-order valence-electron chi connectivity index (χ1n) is 10.5. The number of anilines is 1. The number of sulfonamides is 1. The Labute approximate surface area is 189 Å². The van der Waals surface area contributed by atoms with E-state index >= 15 is 0 Å². The molecule has 2 aromatic rings. The van der Waals surface area contributed by atoms with E-state index in [-0.39, 0.29) is 18.1 Å². The highest BCUT2D eigenvalue weighted by Gasteiger charge is 2.32. The Morgan fingerprint density at radius 2 is 1.66 bits per heavy atom. The summed E-state index contributed by atoms with van der Waals surface area (Å²) in [5.41, 5.74) is 0.575. The number of carbonyl (C=O) groups excluding carboxylic acids is 2. The first-order valence-corrected chi connectivity index (χ1v) is 12.4. The molecule has 7 nitrogen and oxygen atoms in total. The Morgan fingerprint density at radius 1 is 1.03 bits per heavy atom. The molecule has 1 N–H and O–H groups in total. The van der Waals surface area contributed by atoms with E-state index in [1.807, 2.05) is 37.3 Å². The minimum absolute atomic E-state index is 0.118. The van der Waals surface area contributed by atoms with Crippen molar-refractivity contribution in [3.8, 4) is 0 Å². The first kappa shape index (κ1) is 25.3. The predicted octanol–water partition coefficient (Wildman–Crippen LogP) is 2.93. The molecule has 0 fully saturated rings. The maximum absolute atomic E-state index is 14.4. The van der Waals surface area contributed by atoms with Crippen molar-refractivity contribution in [2.75, 3.05) is 23.7 Å². The predicted molar refractivity (Wildman–Crippen MR) is 123 cm³/mol. The molecule has 2 amide bonds. The van der Waals surface area contributed by atoms with Crippen LogP contribution < -0.4 is 9.62 Å². The second-order valence-electron chi connectivity index (χ2n) is 7.44. The lowest BCUT2D eigenvalue weighted by Gasteiger charge is -2.32. The average Bonchev–Trinajstić information content (AvgIpc) is 2.76. The molecule has 2 rings (SSSR count). The average molecular weight is 464 g/mol. The number of carbonyl (C=O) groups is 2. The highest BCUT2D eigenvalue weighted by Crippen LogP contribution is 2.22. The van der Waals surface area contributed by atoms with E-state index in [1.54, 1.807) is 6.92 Å². The summed E-state index contributed by atoms with van der Waals surface area (Å²) in [6, 6.07) is 13.7. The molecule has 0 heterocycles. The zero-order chi connectivity index (χ0) is 23.7. The number of hydrogen-bond donors (Lipinski definition) is 1. The molecule has 1 atom stereocenters. The standard InChI is InChI=1S/C23H30FN3O4S/c1-4-15-25-23(29)20(5-2)26(16-18-11-7-6-8-12-18)22(28)17-27(32(3,30)31)21-14-10-9-13-19(21)24/h6-14,20H,4-5,15-17H2,1-3H3,(H,25,29)/t20-/m1/s1. The van der Waals surface area contributed by atoms with E-state index in [0.29, 0.717) is 13.0 Å². The van der Waals surface area contributed by atoms with Gasteiger partial charge in [0.15, 0.2) is 0 Å². The smallest absolute Gasteiger partial charge is 0.244 e. The Bertz CT molecular complexity index is 1010. The van der Waals surface area contributed by atoms with Crippen molar-refractivity contribution < 1.29 is 22.4 Å². The second kappa shape index (κ2) is 11.6. The van der Waals surface area contributed by atoms with Crippen molar-refractivity contribution in [2.45, 2.75) is 39.3 Å². The molecular formula is C23H30FN3O4S. The molecular weight excluding hydrogens is 433 g/mol. The topological polar surface area (TPSA) is 86.8 Å². The second-order valence-corrected chi connectivity index (χ2v) is 9.35. The van der Waals surface area contributed by atoms with Gasteiger partial charge in [0, 0.05) is 13.1 Å². The van der Waals surface area contributed by atoms with Gasteiger partial charge in [-0.25, -0.2) is 12.8 Å². The number of nitrogens with zero attached hydrogens (tertiary/aromatic N) is 2. The molecule has 0 aliphatic carbocycles. The molecule has 0 saturated carbocycles. The van der Waals surface area contributed by atoms with Crippen LogP contribution in [0, 0.1) is 5.82 Å². The number of para-hydroxylation sites is 1. The summed E-state index contributed by atoms with van der Waals surface area (Å²) in [6.07, 6.45) is 2.00. The maximum Gasteiger partial charge on any atom is 0.244 e. The monoisotopic (exact) mass is 463 g/mol. The number of halogens is 1. The van der Waals surface area contributed by atoms with Gasteiger partial charge in [-0.3, -0.25) is 13.9 Å². The molecule has 0 spiro atoms. The van der Waals surface area contributed by atoms with Gasteiger partial charge in [-0.15, -0.1) is 0 Å². The quantitative estimate of drug-likeness (QED) is 0.555. The Kier molecular flexibility index (Phi) is 9.19. The fourth-order valence-electron chi connectivity index (χ4n) is 3.31. The SMILES string of the molecule is CCCNC(=O)[C@@H](CC)N(Cc1ccccc1)C(=O)CN(c1ccccc1F)S(C)(=O)=O. The van der Waals surface area contributed by atoms with Crippen LogP contribution in [0.3, 0.4) is 0 Å². The third kappa shape index (κ3) is 6.78. The highest BCUT2D eigenvalue weighted by molar-refractivity contribution is 7.92. The van der Waals surface area contributed by atoms with Crippen molar-refractivity contribution in [2.24, 2.45) is 0 Å². The molecule has 0 bridgehead atoms. The summed E-state index contributed by atoms with van der Waals surface area (Å²) in [5.74, 6) is -1.66. The Morgan fingerprint density at radius 3 is 2.22 bits per heavy atom. The zero-order valence-corrected chi connectivity index (χ0v) is 19.4. The molecule has 0 aliphatic rings. The van der Waals surface area contributed by atoms with Gasteiger partial charge < -0.3 is 10.2 Å². The van der Waals surface area contributed by atoms with Crippen LogP contribution >= 0.6 is 0 Å². The largest absolute Gasteiger partial charge is 0.354 e. The van der Waals surface area contributed by atoms with E-state index in [0.717, 1.165) is 28.6 Å². The third-order valence-corrected chi connectivity index (χ3v) is 6.06. The van der Waals surface area contributed by atoms with Crippen LogP contribution in [0.4, 0.5) is 10.1 Å². The van der Waals surface area contributed by atoms with Crippen molar-refractivity contribution in [1.82, 2.24) is 10.2 Å². The lowest BCUT2D eigenvalue weighted by molar-refractivity contribution is -0.140. The lowest BCUT2D eigenvalue weighted by Crippen LogP contribution is -2.52. The number of rotatable bonds is 11. The van der Waals surface area contributed by atoms with Crippen molar-refractivity contribution in [3.05, 3.63) is 66.0 Å². The number of nitrogens with one attached hydrogen (secondary N) is 1. The number of hydrogen-bond acceptors (Lipinski definition) is 4. The van der Waals surface area contributed by atoms with Crippen molar-refractivity contribution in [3.63, 3.8) is 0 Å². The zero-order valence-electron chi connectivity index (χ0n) is 18.6. The van der Waals surface area contributed by atoms with Gasteiger partial charge in [-0.2, -0.15) is 0 Å². The molecule has 0 saturated heterocycles. The Hall–Kier alpha value is -2.94. The van der Waals surface area contributed by atoms with Crippen LogP contribution in [-0.2, 0) is 26.2 Å². The molecule has 174 valence electrons. The van der Waals surface area contributed by atoms with E-state index in [9.17, 15) is 22.4 Å². The summed E-state index contributed by atoms with van der Waals surface area (Å²) in [5, 5.41) is 2.80. The number of benzene rings is 2. The summed E-state index contributed by atoms with van der Waals surface area (Å²) in [7, 11) is -3.96. The van der Waals surface area contributed by atoms with Crippen LogP contribution in [0.5, 0.6) is 0 Å². The minimum Gasteiger partial charge on any atom is -0.354 e. The van der Waals surface area contributed by atoms with Crippen LogP contribution in [0.15, 0.2) is 54.6 Å². The van der Waals surface area contributed by atoms with Gasteiger partial charge >= 0.3 is 0 Å². The molecule has 9 heteroatoms. The van der Waals surface area contributed by atoms with Crippen LogP contribution in [0.25, 0.3) is 0 Å². The van der Waals surface area contributed by atoms with Gasteiger partial charge in [0.25, 0.3) is 0 Å². The first-order chi connectivity index (χ1) is 15.2. The Balaban J connectivity index is 2.41. The van der Waals surface area contributed by atoms with Gasteiger partial charge in [0.1, 0.15) is 18.4 Å². The van der Waals surface area contributed by atoms with E-state index in [4.69, 9.17) is 0 Å². The summed E-state index contributed by atoms with van der Waals surface area (Å²) in [6.45, 7) is 3.67. The third-order valence-electron chi connectivity index (χ3n) is 4.93. The van der Waals surface area contributed by atoms with E-state index < -0.39 is 34.3 Å². The summed E-state index contributed by atoms with van der Waals surface area (Å²) >= 11 is 0. The summed E-state index contributed by atoms with van der Waals surface area (Å²) in [4.78, 5) is 27.5. The van der Waals surface area contributed by atoms with Crippen LogP contribution in [0.1, 0.15) is 32.3 Å². The van der Waals surface area contributed by atoms with Gasteiger partial charge in [0.05, 0.1) is 11.9 Å². The lowest BCUT2D eigenvalue weighted by atomic mass is 10.1. The molecule has 0 aliphatic heterocycles. The van der Waals surface area contributed by atoms with E-state index in [1.165, 1.54) is 23.1 Å². The van der Waals surface area contributed by atoms with Gasteiger partial charge in [-0.05, 0) is 30.5 Å². The maximum atomic E-state index is 14.4. The molecule has 0 radical (unpaired) electrons. The van der Waals surface area contributed by atoms with Crippen molar-refractivity contribution in [1.29, 1.82) is 0 Å². The molecule has 0 aromatic heterocycles. The van der Waals surface area contributed by atoms with Crippen LogP contribution in [0.2, 0.25) is 0 Å². The molecule has 32 heavy (non-hydrogen) atoms. The van der Waals surface area contributed by atoms with Crippen molar-refractivity contribution >= 4 is 27.5 Å². The van der Waals surface area contributed by atoms with Crippen LogP contribution in [-0.4, -0.2) is 50.5 Å².